The van der Waals surface area contributed by atoms with E-state index in [1.54, 1.807) is 33.1 Å². The Balaban J connectivity index is 2.13. The number of hydrogen-bond donors (Lipinski definition) is 0. The Hall–Kier alpha value is -2.45. The summed E-state index contributed by atoms with van der Waals surface area (Å²) < 4.78 is 28.7. The van der Waals surface area contributed by atoms with E-state index >= 15 is 0 Å². The van der Waals surface area contributed by atoms with E-state index in [4.69, 9.17) is 23.7 Å². The maximum Gasteiger partial charge on any atom is 0.343 e. The van der Waals surface area contributed by atoms with Gasteiger partial charge < -0.3 is 23.7 Å². The highest BCUT2D eigenvalue weighted by molar-refractivity contribution is 5.96. The molecular formula is C23H30O8. The highest BCUT2D eigenvalue weighted by Gasteiger charge is 2.53. The number of rotatable bonds is 5. The van der Waals surface area contributed by atoms with Gasteiger partial charge in [0.15, 0.2) is 5.79 Å². The van der Waals surface area contributed by atoms with Gasteiger partial charge in [-0.3, -0.25) is 4.79 Å². The Morgan fingerprint density at radius 1 is 1.29 bits per heavy atom. The van der Waals surface area contributed by atoms with Crippen LogP contribution in [0.5, 0.6) is 0 Å². The molecule has 0 spiro atoms. The van der Waals surface area contributed by atoms with Crippen molar-refractivity contribution in [1.82, 2.24) is 0 Å². The summed E-state index contributed by atoms with van der Waals surface area (Å²) in [5.41, 5.74) is 0.285. The van der Waals surface area contributed by atoms with Crippen LogP contribution in [0.15, 0.2) is 34.6 Å². The lowest BCUT2D eigenvalue weighted by Gasteiger charge is -2.36. The molecule has 0 saturated carbocycles. The summed E-state index contributed by atoms with van der Waals surface area (Å²) in [6.07, 6.45) is 4.24. The van der Waals surface area contributed by atoms with Crippen molar-refractivity contribution >= 4 is 17.9 Å². The molecule has 2 bridgehead atoms. The highest BCUT2D eigenvalue weighted by Crippen LogP contribution is 2.49. The molecule has 170 valence electrons. The summed E-state index contributed by atoms with van der Waals surface area (Å²) in [7, 11) is 1.60. The topological polar surface area (TPSA) is 97.4 Å². The van der Waals surface area contributed by atoms with Crippen molar-refractivity contribution in [3.05, 3.63) is 34.6 Å². The third kappa shape index (κ3) is 4.45. The first-order valence-electron chi connectivity index (χ1n) is 10.4. The molecule has 0 amide bonds. The molecule has 4 atom stereocenters. The zero-order chi connectivity index (χ0) is 23.0. The summed E-state index contributed by atoms with van der Waals surface area (Å²) in [5.74, 6) is -2.41. The van der Waals surface area contributed by atoms with Crippen LogP contribution < -0.4 is 0 Å². The molecule has 31 heavy (non-hydrogen) atoms. The van der Waals surface area contributed by atoms with E-state index < -0.39 is 35.4 Å². The van der Waals surface area contributed by atoms with Crippen LogP contribution in [0.2, 0.25) is 0 Å². The molecule has 0 aromatic heterocycles. The SMILES string of the molecule is CC=C(C)C(=O)O[C@H]1C[C@@H](C)[C@]2(OC)CC[C@](C)(/C=C3/OC(=O)C(COC(C)=O)=C31)O2. The largest absolute Gasteiger partial charge is 0.461 e. The highest BCUT2D eigenvalue weighted by atomic mass is 16.7. The average molecular weight is 434 g/mol. The molecule has 0 aromatic rings. The smallest absolute Gasteiger partial charge is 0.343 e. The van der Waals surface area contributed by atoms with Gasteiger partial charge in [-0.05, 0) is 39.7 Å². The number of fused-ring (bicyclic) bond motifs is 3. The van der Waals surface area contributed by atoms with E-state index in [0.717, 1.165) is 0 Å². The summed E-state index contributed by atoms with van der Waals surface area (Å²) in [6.45, 7) is 8.27. The van der Waals surface area contributed by atoms with Crippen LogP contribution in [-0.2, 0) is 38.1 Å². The summed E-state index contributed by atoms with van der Waals surface area (Å²) >= 11 is 0. The van der Waals surface area contributed by atoms with Crippen LogP contribution in [0.1, 0.15) is 53.9 Å². The minimum absolute atomic E-state index is 0.164. The summed E-state index contributed by atoms with van der Waals surface area (Å²) in [4.78, 5) is 36.7. The second-order valence-corrected chi connectivity index (χ2v) is 8.50. The fourth-order valence-corrected chi connectivity index (χ4v) is 4.30. The number of methoxy groups -OCH3 is 1. The molecule has 3 heterocycles. The number of hydrogen-bond acceptors (Lipinski definition) is 8. The van der Waals surface area contributed by atoms with Crippen molar-refractivity contribution in [1.29, 1.82) is 0 Å². The second kappa shape index (κ2) is 8.59. The van der Waals surface area contributed by atoms with Gasteiger partial charge in [-0.15, -0.1) is 0 Å². The van der Waals surface area contributed by atoms with E-state index in [2.05, 4.69) is 0 Å². The molecule has 8 heteroatoms. The monoisotopic (exact) mass is 434 g/mol. The quantitative estimate of drug-likeness (QED) is 0.370. The van der Waals surface area contributed by atoms with Gasteiger partial charge in [0.05, 0.1) is 11.2 Å². The van der Waals surface area contributed by atoms with Gasteiger partial charge in [-0.2, -0.15) is 0 Å². The number of allylic oxidation sites excluding steroid dienone is 1. The molecular weight excluding hydrogens is 404 g/mol. The number of esters is 3. The Labute approximate surface area is 182 Å². The average Bonchev–Trinajstić information content (AvgIpc) is 3.22. The van der Waals surface area contributed by atoms with Gasteiger partial charge in [0.25, 0.3) is 0 Å². The fourth-order valence-electron chi connectivity index (χ4n) is 4.30. The van der Waals surface area contributed by atoms with Crippen molar-refractivity contribution in [3.8, 4) is 0 Å². The van der Waals surface area contributed by atoms with Crippen LogP contribution >= 0.6 is 0 Å². The lowest BCUT2D eigenvalue weighted by molar-refractivity contribution is -0.255. The van der Waals surface area contributed by atoms with Crippen molar-refractivity contribution in [2.24, 2.45) is 5.92 Å². The van der Waals surface area contributed by atoms with Crippen LogP contribution in [0.3, 0.4) is 0 Å². The van der Waals surface area contributed by atoms with E-state index in [9.17, 15) is 14.4 Å². The van der Waals surface area contributed by atoms with E-state index in [1.807, 2.05) is 13.8 Å². The third-order valence-electron chi connectivity index (χ3n) is 6.26. The van der Waals surface area contributed by atoms with Crippen LogP contribution in [-0.4, -0.2) is 49.1 Å². The first-order valence-corrected chi connectivity index (χ1v) is 10.4. The molecule has 1 saturated heterocycles. The third-order valence-corrected chi connectivity index (χ3v) is 6.26. The van der Waals surface area contributed by atoms with Crippen molar-refractivity contribution in [3.63, 3.8) is 0 Å². The second-order valence-electron chi connectivity index (χ2n) is 8.50. The first kappa shape index (κ1) is 23.2. The lowest BCUT2D eigenvalue weighted by Crippen LogP contribution is -2.42. The molecule has 3 aliphatic heterocycles. The van der Waals surface area contributed by atoms with Gasteiger partial charge in [0, 0.05) is 37.5 Å². The van der Waals surface area contributed by atoms with Gasteiger partial charge in [0.2, 0.25) is 0 Å². The fraction of sp³-hybridized carbons (Fsp3) is 0.609. The summed E-state index contributed by atoms with van der Waals surface area (Å²) in [5, 5.41) is 0. The molecule has 3 rings (SSSR count). The van der Waals surface area contributed by atoms with E-state index in [1.165, 1.54) is 6.92 Å². The minimum Gasteiger partial charge on any atom is -0.461 e. The Morgan fingerprint density at radius 3 is 2.61 bits per heavy atom. The van der Waals surface area contributed by atoms with Crippen molar-refractivity contribution in [2.75, 3.05) is 13.7 Å². The van der Waals surface area contributed by atoms with E-state index in [0.29, 0.717) is 30.4 Å². The van der Waals surface area contributed by atoms with Crippen molar-refractivity contribution in [2.45, 2.75) is 71.4 Å². The van der Waals surface area contributed by atoms with Gasteiger partial charge in [-0.1, -0.05) is 13.0 Å². The maximum absolute atomic E-state index is 12.7. The Morgan fingerprint density at radius 2 is 2.00 bits per heavy atom. The zero-order valence-electron chi connectivity index (χ0n) is 18.9. The van der Waals surface area contributed by atoms with Gasteiger partial charge in [-0.25, -0.2) is 9.59 Å². The molecule has 0 radical (unpaired) electrons. The number of carbonyl (C=O) groups excluding carboxylic acids is 3. The van der Waals surface area contributed by atoms with Crippen LogP contribution in [0, 0.1) is 5.92 Å². The van der Waals surface area contributed by atoms with Gasteiger partial charge in [0.1, 0.15) is 18.5 Å². The first-order chi connectivity index (χ1) is 14.5. The number of ether oxygens (including phenoxy) is 5. The molecule has 1 fully saturated rings. The minimum atomic E-state index is -0.856. The molecule has 3 aliphatic rings. The predicted octanol–water partition coefficient (Wildman–Crippen LogP) is 3.12. The zero-order valence-corrected chi connectivity index (χ0v) is 18.9. The number of carbonyl (C=O) groups is 3. The van der Waals surface area contributed by atoms with Gasteiger partial charge >= 0.3 is 17.9 Å². The summed E-state index contributed by atoms with van der Waals surface area (Å²) in [6, 6.07) is 0. The van der Waals surface area contributed by atoms with Crippen LogP contribution in [0.4, 0.5) is 0 Å². The molecule has 0 aromatic carbocycles. The Kier molecular flexibility index (Phi) is 6.43. The van der Waals surface area contributed by atoms with Crippen LogP contribution in [0.25, 0.3) is 0 Å². The lowest BCUT2D eigenvalue weighted by atomic mass is 9.85. The Bertz CT molecular complexity index is 882. The molecule has 0 aliphatic carbocycles. The standard InChI is InChI=1S/C23H30O8/c1-7-13(2)20(25)29-17-10-14(3)23(27-6)9-8-22(5,31-23)11-18-19(17)16(21(26)30-18)12-28-15(4)24/h7,11,14,17H,8-10,12H2,1-6H3/b13-7?,18-11+/t14-,17+,22-,23+/m1/s1. The molecule has 0 unspecified atom stereocenters. The normalized spacial score (nSPS) is 34.7. The molecule has 8 nitrogen and oxygen atoms in total. The van der Waals surface area contributed by atoms with E-state index in [-0.39, 0.29) is 23.9 Å². The molecule has 0 N–H and O–H groups in total. The predicted molar refractivity (Wildman–Crippen MR) is 109 cm³/mol. The van der Waals surface area contributed by atoms with Crippen molar-refractivity contribution < 1.29 is 38.1 Å². The maximum atomic E-state index is 12.7.